The number of ether oxygens (including phenoxy) is 3. The second-order valence-corrected chi connectivity index (χ2v) is 11.1. The zero-order valence-electron chi connectivity index (χ0n) is 23.2. The summed E-state index contributed by atoms with van der Waals surface area (Å²) in [5.74, 6) is 0.798. The molecule has 0 radical (unpaired) electrons. The topological polar surface area (TPSA) is 112 Å². The van der Waals surface area contributed by atoms with Crippen LogP contribution in [0.25, 0.3) is 10.6 Å². The Balaban J connectivity index is 1.36. The molecule has 1 unspecified atom stereocenters. The molecule has 1 aromatic carbocycles. The summed E-state index contributed by atoms with van der Waals surface area (Å²) in [6.45, 7) is 2.78. The molecule has 0 aliphatic carbocycles. The first kappa shape index (κ1) is 28.6. The van der Waals surface area contributed by atoms with Crippen LogP contribution in [0.2, 0.25) is 0 Å². The third-order valence-corrected chi connectivity index (χ3v) is 7.62. The predicted molar refractivity (Wildman–Crippen MR) is 157 cm³/mol. The van der Waals surface area contributed by atoms with Gasteiger partial charge in [-0.3, -0.25) is 15.1 Å². The Morgan fingerprint density at radius 1 is 1.12 bits per heavy atom. The summed E-state index contributed by atoms with van der Waals surface area (Å²) < 4.78 is 18.3. The van der Waals surface area contributed by atoms with Gasteiger partial charge in [-0.15, -0.1) is 10.2 Å². The van der Waals surface area contributed by atoms with Crippen LogP contribution in [0.4, 0.5) is 5.13 Å². The van der Waals surface area contributed by atoms with Gasteiger partial charge in [0.1, 0.15) is 11.1 Å². The molecule has 1 aliphatic rings. The lowest BCUT2D eigenvalue weighted by Crippen LogP contribution is -2.22. The van der Waals surface area contributed by atoms with E-state index in [9.17, 15) is 4.79 Å². The van der Waals surface area contributed by atoms with Gasteiger partial charge in [0, 0.05) is 56.4 Å². The van der Waals surface area contributed by atoms with Crippen LogP contribution in [0.3, 0.4) is 0 Å². The molecule has 41 heavy (non-hydrogen) atoms. The van der Waals surface area contributed by atoms with Crippen LogP contribution >= 0.6 is 11.3 Å². The van der Waals surface area contributed by atoms with Gasteiger partial charge in [0.2, 0.25) is 5.13 Å². The maximum absolute atomic E-state index is 13.2. The standard InChI is InChI=1S/C30H34N6O4S/c1-36(2)15-10-25(22-6-4-3-5-7-22)40-28-26(39-20-21-11-16-38-17-12-21)18-24(19-32-28)27(37)33-30-35-34-29(41-30)23-8-13-31-14-9-23/h3-9,13-14,18-19,21,25H,10-12,15-17,20H2,1-2H3,(H,33,35,37). The fraction of sp³-hybridized carbons (Fsp3) is 0.367. The van der Waals surface area contributed by atoms with Crippen molar-refractivity contribution in [3.63, 3.8) is 0 Å². The lowest BCUT2D eigenvalue weighted by atomic mass is 10.0. The predicted octanol–water partition coefficient (Wildman–Crippen LogP) is 5.12. The van der Waals surface area contributed by atoms with Crippen molar-refractivity contribution in [2.75, 3.05) is 45.8 Å². The van der Waals surface area contributed by atoms with Crippen molar-refractivity contribution in [2.45, 2.75) is 25.4 Å². The van der Waals surface area contributed by atoms with Crippen molar-refractivity contribution in [3.05, 3.63) is 78.2 Å². The molecule has 214 valence electrons. The molecule has 0 saturated carbocycles. The molecular weight excluding hydrogens is 540 g/mol. The molecule has 1 saturated heterocycles. The van der Waals surface area contributed by atoms with E-state index >= 15 is 0 Å². The fourth-order valence-electron chi connectivity index (χ4n) is 4.39. The third kappa shape index (κ3) is 8.06. The van der Waals surface area contributed by atoms with Crippen LogP contribution in [0.15, 0.2) is 67.1 Å². The first-order chi connectivity index (χ1) is 20.0. The summed E-state index contributed by atoms with van der Waals surface area (Å²) in [5.41, 5.74) is 2.27. The molecule has 1 N–H and O–H groups in total. The Kier molecular flexibility index (Phi) is 9.84. The average Bonchev–Trinajstić information content (AvgIpc) is 3.48. The van der Waals surface area contributed by atoms with Crippen molar-refractivity contribution in [1.29, 1.82) is 0 Å². The summed E-state index contributed by atoms with van der Waals surface area (Å²) in [7, 11) is 4.07. The van der Waals surface area contributed by atoms with Crippen molar-refractivity contribution in [1.82, 2.24) is 25.1 Å². The van der Waals surface area contributed by atoms with E-state index in [1.54, 1.807) is 18.5 Å². The number of amides is 1. The quantitative estimate of drug-likeness (QED) is 0.246. The number of rotatable bonds is 12. The van der Waals surface area contributed by atoms with Gasteiger partial charge >= 0.3 is 0 Å². The molecule has 1 aliphatic heterocycles. The molecule has 1 atom stereocenters. The molecule has 10 nitrogen and oxygen atoms in total. The molecule has 1 fully saturated rings. The van der Waals surface area contributed by atoms with E-state index in [-0.39, 0.29) is 12.0 Å². The Morgan fingerprint density at radius 2 is 1.90 bits per heavy atom. The van der Waals surface area contributed by atoms with Crippen LogP contribution in [0, 0.1) is 5.92 Å². The Labute approximate surface area is 243 Å². The van der Waals surface area contributed by atoms with Crippen LogP contribution in [0.5, 0.6) is 11.6 Å². The number of pyridine rings is 2. The highest BCUT2D eigenvalue weighted by molar-refractivity contribution is 7.18. The van der Waals surface area contributed by atoms with Crippen LogP contribution in [-0.2, 0) is 4.74 Å². The highest BCUT2D eigenvalue weighted by Crippen LogP contribution is 2.33. The van der Waals surface area contributed by atoms with Gasteiger partial charge in [-0.2, -0.15) is 0 Å². The highest BCUT2D eigenvalue weighted by atomic mass is 32.1. The van der Waals surface area contributed by atoms with Gasteiger partial charge in [-0.05, 0) is 50.6 Å². The average molecular weight is 575 g/mol. The maximum atomic E-state index is 13.2. The molecule has 0 spiro atoms. The third-order valence-electron chi connectivity index (χ3n) is 6.73. The maximum Gasteiger partial charge on any atom is 0.259 e. The van der Waals surface area contributed by atoms with E-state index in [2.05, 4.69) is 30.4 Å². The number of carbonyl (C=O) groups excluding carboxylic acids is 1. The van der Waals surface area contributed by atoms with Gasteiger partial charge in [-0.25, -0.2) is 4.98 Å². The number of anilines is 1. The Bertz CT molecular complexity index is 1400. The number of hydrogen-bond donors (Lipinski definition) is 1. The van der Waals surface area contributed by atoms with Crippen molar-refractivity contribution in [3.8, 4) is 22.2 Å². The van der Waals surface area contributed by atoms with E-state index in [1.807, 2.05) is 56.6 Å². The molecule has 11 heteroatoms. The minimum atomic E-state index is -0.357. The summed E-state index contributed by atoms with van der Waals surface area (Å²) in [6.07, 6.45) is 7.27. The Morgan fingerprint density at radius 3 is 2.66 bits per heavy atom. The SMILES string of the molecule is CN(C)CCC(Oc1ncc(C(=O)Nc2nnc(-c3ccncc3)s2)cc1OCC1CCOCC1)c1ccccc1. The van der Waals surface area contributed by atoms with E-state index in [1.165, 1.54) is 17.5 Å². The number of hydrogen-bond acceptors (Lipinski definition) is 10. The Hall–Kier alpha value is -3.93. The normalized spacial score (nSPS) is 14.5. The largest absolute Gasteiger partial charge is 0.488 e. The molecule has 4 heterocycles. The molecule has 3 aromatic heterocycles. The molecular formula is C30H34N6O4S. The van der Waals surface area contributed by atoms with Crippen molar-refractivity contribution >= 4 is 22.4 Å². The van der Waals surface area contributed by atoms with Gasteiger partial charge < -0.3 is 19.1 Å². The second-order valence-electron chi connectivity index (χ2n) is 10.1. The minimum absolute atomic E-state index is 0.232. The molecule has 4 aromatic rings. The zero-order chi connectivity index (χ0) is 28.4. The van der Waals surface area contributed by atoms with E-state index in [0.29, 0.717) is 39.9 Å². The molecule has 5 rings (SSSR count). The summed E-state index contributed by atoms with van der Waals surface area (Å²) in [4.78, 5) is 23.9. The molecule has 1 amide bonds. The zero-order valence-corrected chi connectivity index (χ0v) is 24.0. The van der Waals surface area contributed by atoms with Gasteiger partial charge in [0.15, 0.2) is 5.75 Å². The molecule has 0 bridgehead atoms. The smallest absolute Gasteiger partial charge is 0.259 e. The number of carbonyl (C=O) groups is 1. The van der Waals surface area contributed by atoms with E-state index in [0.717, 1.165) is 50.1 Å². The van der Waals surface area contributed by atoms with E-state index in [4.69, 9.17) is 14.2 Å². The van der Waals surface area contributed by atoms with Crippen LogP contribution in [0.1, 0.15) is 41.3 Å². The summed E-state index contributed by atoms with van der Waals surface area (Å²) in [6, 6.07) is 15.5. The first-order valence-corrected chi connectivity index (χ1v) is 14.5. The van der Waals surface area contributed by atoms with Gasteiger partial charge in [0.25, 0.3) is 11.8 Å². The monoisotopic (exact) mass is 574 g/mol. The van der Waals surface area contributed by atoms with Crippen LogP contribution in [-0.4, -0.2) is 71.4 Å². The lowest BCUT2D eigenvalue weighted by molar-refractivity contribution is 0.0486. The van der Waals surface area contributed by atoms with Gasteiger partial charge in [-0.1, -0.05) is 41.7 Å². The summed E-state index contributed by atoms with van der Waals surface area (Å²) >= 11 is 1.29. The fourth-order valence-corrected chi connectivity index (χ4v) is 5.14. The van der Waals surface area contributed by atoms with Gasteiger partial charge in [0.05, 0.1) is 12.2 Å². The first-order valence-electron chi connectivity index (χ1n) is 13.7. The van der Waals surface area contributed by atoms with Crippen LogP contribution < -0.4 is 14.8 Å². The minimum Gasteiger partial charge on any atom is -0.488 e. The number of benzene rings is 1. The van der Waals surface area contributed by atoms with Crippen molar-refractivity contribution < 1.29 is 19.0 Å². The number of nitrogens with zero attached hydrogens (tertiary/aromatic N) is 5. The highest BCUT2D eigenvalue weighted by Gasteiger charge is 2.22. The van der Waals surface area contributed by atoms with E-state index < -0.39 is 0 Å². The number of nitrogens with one attached hydrogen (secondary N) is 1. The summed E-state index contributed by atoms with van der Waals surface area (Å²) in [5, 5.41) is 12.2. The van der Waals surface area contributed by atoms with Crippen molar-refractivity contribution in [2.24, 2.45) is 5.92 Å². The number of aromatic nitrogens is 4. The second kappa shape index (κ2) is 14.1. The lowest BCUT2D eigenvalue weighted by Gasteiger charge is -2.24.